The molecule has 0 fully saturated rings. The van der Waals surface area contributed by atoms with Crippen LogP contribution in [0.1, 0.15) is 27.2 Å². The number of halogens is 1. The van der Waals surface area contributed by atoms with Gasteiger partial charge >= 0.3 is 0 Å². The van der Waals surface area contributed by atoms with Crippen LogP contribution >= 0.6 is 11.6 Å². The van der Waals surface area contributed by atoms with E-state index in [9.17, 15) is 0 Å². The summed E-state index contributed by atoms with van der Waals surface area (Å²) in [5.74, 6) is 0.627. The van der Waals surface area contributed by atoms with Crippen LogP contribution in [-0.2, 0) is 0 Å². The highest BCUT2D eigenvalue weighted by molar-refractivity contribution is 6.18. The third-order valence-electron chi connectivity index (χ3n) is 1.26. The molecule has 0 aliphatic heterocycles. The van der Waals surface area contributed by atoms with Crippen LogP contribution < -0.4 is 0 Å². The molecule has 0 aromatic heterocycles. The predicted octanol–water partition coefficient (Wildman–Crippen LogP) is 3.53. The van der Waals surface area contributed by atoms with Crippen molar-refractivity contribution < 1.29 is 0 Å². The maximum absolute atomic E-state index is 5.51. The maximum Gasteiger partial charge on any atom is 0.0406 e. The third-order valence-corrected chi connectivity index (χ3v) is 1.41. The Labute approximate surface area is 68.6 Å². The molecule has 0 spiro atoms. The SMILES string of the molecule is CC(C)=CC/C(C)=C/CCl. The summed E-state index contributed by atoms with van der Waals surface area (Å²) in [5, 5.41) is 0. The zero-order valence-electron chi connectivity index (χ0n) is 6.95. The van der Waals surface area contributed by atoms with Crippen LogP contribution in [0.25, 0.3) is 0 Å². The number of hydrogen-bond donors (Lipinski definition) is 0. The van der Waals surface area contributed by atoms with Crippen molar-refractivity contribution in [1.82, 2.24) is 0 Å². The molecule has 0 rings (SSSR count). The molecule has 0 amide bonds. The Kier molecular flexibility index (Phi) is 5.42. The first kappa shape index (κ1) is 9.77. The van der Waals surface area contributed by atoms with Gasteiger partial charge in [-0.05, 0) is 27.2 Å². The second-order valence-corrected chi connectivity index (χ2v) is 3.00. The van der Waals surface area contributed by atoms with E-state index in [0.29, 0.717) is 5.88 Å². The van der Waals surface area contributed by atoms with Gasteiger partial charge in [-0.25, -0.2) is 0 Å². The van der Waals surface area contributed by atoms with Crippen LogP contribution in [0, 0.1) is 0 Å². The van der Waals surface area contributed by atoms with Crippen molar-refractivity contribution in [1.29, 1.82) is 0 Å². The normalized spacial score (nSPS) is 11.4. The van der Waals surface area contributed by atoms with E-state index in [1.807, 2.05) is 6.08 Å². The van der Waals surface area contributed by atoms with E-state index in [1.54, 1.807) is 0 Å². The van der Waals surface area contributed by atoms with Crippen LogP contribution in [0.5, 0.6) is 0 Å². The van der Waals surface area contributed by atoms with Gasteiger partial charge in [-0.2, -0.15) is 0 Å². The minimum atomic E-state index is 0.627. The maximum atomic E-state index is 5.51. The molecule has 0 nitrogen and oxygen atoms in total. The average Bonchev–Trinajstić information content (AvgIpc) is 1.85. The first-order valence-corrected chi connectivity index (χ1v) is 4.05. The first-order valence-electron chi connectivity index (χ1n) is 3.51. The molecule has 0 saturated carbocycles. The van der Waals surface area contributed by atoms with Crippen molar-refractivity contribution in [3.63, 3.8) is 0 Å². The second-order valence-electron chi connectivity index (χ2n) is 2.69. The smallest absolute Gasteiger partial charge is 0.0406 e. The Hall–Kier alpha value is -0.230. The minimum absolute atomic E-state index is 0.627. The zero-order valence-corrected chi connectivity index (χ0v) is 7.70. The molecule has 0 heterocycles. The summed E-state index contributed by atoms with van der Waals surface area (Å²) in [6.45, 7) is 6.31. The molecule has 0 aliphatic carbocycles. The first-order chi connectivity index (χ1) is 4.66. The molecule has 0 bridgehead atoms. The minimum Gasteiger partial charge on any atom is -0.122 e. The third kappa shape index (κ3) is 5.90. The summed E-state index contributed by atoms with van der Waals surface area (Å²) >= 11 is 5.51. The molecule has 0 radical (unpaired) electrons. The summed E-state index contributed by atoms with van der Waals surface area (Å²) in [5.41, 5.74) is 2.71. The van der Waals surface area contributed by atoms with Crippen LogP contribution in [0.4, 0.5) is 0 Å². The molecule has 0 saturated heterocycles. The van der Waals surface area contributed by atoms with Gasteiger partial charge in [-0.15, -0.1) is 11.6 Å². The van der Waals surface area contributed by atoms with Gasteiger partial charge in [0, 0.05) is 5.88 Å². The quantitative estimate of drug-likeness (QED) is 0.436. The molecule has 10 heavy (non-hydrogen) atoms. The van der Waals surface area contributed by atoms with Crippen LogP contribution in [0.15, 0.2) is 23.3 Å². The van der Waals surface area contributed by atoms with Crippen LogP contribution in [-0.4, -0.2) is 5.88 Å². The van der Waals surface area contributed by atoms with E-state index in [2.05, 4.69) is 26.8 Å². The lowest BCUT2D eigenvalue weighted by molar-refractivity contribution is 1.16. The van der Waals surface area contributed by atoms with Crippen molar-refractivity contribution in [2.75, 3.05) is 5.88 Å². The van der Waals surface area contributed by atoms with Gasteiger partial charge in [0.1, 0.15) is 0 Å². The Morgan fingerprint density at radius 3 is 2.20 bits per heavy atom. The average molecular weight is 159 g/mol. The number of rotatable bonds is 3. The Morgan fingerprint density at radius 1 is 1.20 bits per heavy atom. The van der Waals surface area contributed by atoms with Crippen LogP contribution in [0.3, 0.4) is 0 Å². The second kappa shape index (κ2) is 5.55. The fourth-order valence-corrected chi connectivity index (χ4v) is 0.844. The molecular weight excluding hydrogens is 144 g/mol. The molecule has 1 heteroatoms. The largest absolute Gasteiger partial charge is 0.122 e. The summed E-state index contributed by atoms with van der Waals surface area (Å²) < 4.78 is 0. The highest BCUT2D eigenvalue weighted by atomic mass is 35.5. The van der Waals surface area contributed by atoms with Gasteiger partial charge in [0.15, 0.2) is 0 Å². The number of alkyl halides is 1. The van der Waals surface area contributed by atoms with Gasteiger partial charge in [-0.1, -0.05) is 23.3 Å². The van der Waals surface area contributed by atoms with E-state index < -0.39 is 0 Å². The van der Waals surface area contributed by atoms with Gasteiger partial charge in [0.2, 0.25) is 0 Å². The molecule has 58 valence electrons. The van der Waals surface area contributed by atoms with E-state index in [1.165, 1.54) is 11.1 Å². The van der Waals surface area contributed by atoms with Crippen LogP contribution in [0.2, 0.25) is 0 Å². The molecule has 0 N–H and O–H groups in total. The van der Waals surface area contributed by atoms with Crippen molar-refractivity contribution >= 4 is 11.6 Å². The van der Waals surface area contributed by atoms with Crippen molar-refractivity contribution in [2.45, 2.75) is 27.2 Å². The van der Waals surface area contributed by atoms with E-state index >= 15 is 0 Å². The van der Waals surface area contributed by atoms with Crippen molar-refractivity contribution in [2.24, 2.45) is 0 Å². The number of allylic oxidation sites excluding steroid dienone is 4. The lowest BCUT2D eigenvalue weighted by Gasteiger charge is -1.93. The lowest BCUT2D eigenvalue weighted by Crippen LogP contribution is -1.75. The highest BCUT2D eigenvalue weighted by Crippen LogP contribution is 2.03. The van der Waals surface area contributed by atoms with E-state index in [4.69, 9.17) is 11.6 Å². The Bertz CT molecular complexity index is 139. The van der Waals surface area contributed by atoms with E-state index in [-0.39, 0.29) is 0 Å². The predicted molar refractivity (Wildman–Crippen MR) is 48.5 cm³/mol. The topological polar surface area (TPSA) is 0 Å². The summed E-state index contributed by atoms with van der Waals surface area (Å²) in [6.07, 6.45) is 5.29. The van der Waals surface area contributed by atoms with Gasteiger partial charge in [-0.3, -0.25) is 0 Å². The van der Waals surface area contributed by atoms with Gasteiger partial charge in [0.25, 0.3) is 0 Å². The zero-order chi connectivity index (χ0) is 7.98. The van der Waals surface area contributed by atoms with E-state index in [0.717, 1.165) is 6.42 Å². The standard InChI is InChI=1S/C9H15Cl/c1-8(2)4-5-9(3)6-7-10/h4,6H,5,7H2,1-3H3/b9-6+. The molecule has 0 aliphatic rings. The molecular formula is C9H15Cl. The fourth-order valence-electron chi connectivity index (χ4n) is 0.580. The molecule has 0 aromatic rings. The summed E-state index contributed by atoms with van der Waals surface area (Å²) in [6, 6.07) is 0. The van der Waals surface area contributed by atoms with Crippen molar-refractivity contribution in [3.8, 4) is 0 Å². The highest BCUT2D eigenvalue weighted by Gasteiger charge is 1.84. The number of hydrogen-bond acceptors (Lipinski definition) is 0. The van der Waals surface area contributed by atoms with Crippen molar-refractivity contribution in [3.05, 3.63) is 23.3 Å². The Balaban J connectivity index is 3.69. The molecule has 0 atom stereocenters. The monoisotopic (exact) mass is 158 g/mol. The summed E-state index contributed by atoms with van der Waals surface area (Å²) in [4.78, 5) is 0. The molecule has 0 unspecified atom stereocenters. The molecule has 0 aromatic carbocycles. The Morgan fingerprint density at radius 2 is 1.80 bits per heavy atom. The fraction of sp³-hybridized carbons (Fsp3) is 0.556. The lowest BCUT2D eigenvalue weighted by atomic mass is 10.1. The summed E-state index contributed by atoms with van der Waals surface area (Å²) in [7, 11) is 0. The van der Waals surface area contributed by atoms with Gasteiger partial charge < -0.3 is 0 Å². The van der Waals surface area contributed by atoms with Gasteiger partial charge in [0.05, 0.1) is 0 Å².